The van der Waals surface area contributed by atoms with Crippen molar-refractivity contribution in [2.45, 2.75) is 70.6 Å². The first-order valence-electron chi connectivity index (χ1n) is 8.05. The zero-order valence-corrected chi connectivity index (χ0v) is 14.1. The summed E-state index contributed by atoms with van der Waals surface area (Å²) in [5, 5.41) is 3.29. The molecule has 1 fully saturated rings. The van der Waals surface area contributed by atoms with Gasteiger partial charge in [-0.15, -0.1) is 0 Å². The van der Waals surface area contributed by atoms with Gasteiger partial charge in [0.15, 0.2) is 9.84 Å². The maximum atomic E-state index is 12.0. The molecule has 1 atom stereocenters. The molecule has 1 N–H and O–H groups in total. The van der Waals surface area contributed by atoms with E-state index < -0.39 is 9.84 Å². The van der Waals surface area contributed by atoms with E-state index in [4.69, 9.17) is 0 Å². The zero-order valence-electron chi connectivity index (χ0n) is 13.3. The molecule has 0 aliphatic heterocycles. The second-order valence-corrected chi connectivity index (χ2v) is 8.54. The van der Waals surface area contributed by atoms with Crippen molar-refractivity contribution in [1.82, 2.24) is 5.32 Å². The van der Waals surface area contributed by atoms with E-state index in [0.717, 1.165) is 12.5 Å². The van der Waals surface area contributed by atoms with Crippen molar-refractivity contribution in [1.29, 1.82) is 0 Å². The van der Waals surface area contributed by atoms with Crippen LogP contribution in [0.3, 0.4) is 0 Å². The molecule has 0 radical (unpaired) electrons. The van der Waals surface area contributed by atoms with E-state index in [2.05, 4.69) is 12.2 Å². The fraction of sp³-hybridized carbons (Fsp3) is 0.875. The Balaban J connectivity index is 2.24. The highest BCUT2D eigenvalue weighted by Crippen LogP contribution is 2.26. The van der Waals surface area contributed by atoms with Crippen LogP contribution in [0.1, 0.15) is 59.3 Å². The van der Waals surface area contributed by atoms with Gasteiger partial charge in [-0.1, -0.05) is 25.5 Å². The van der Waals surface area contributed by atoms with Crippen LogP contribution in [-0.2, 0) is 9.84 Å². The van der Waals surface area contributed by atoms with Crippen LogP contribution in [0.25, 0.3) is 0 Å². The fourth-order valence-corrected chi connectivity index (χ4v) is 4.11. The van der Waals surface area contributed by atoms with E-state index in [1.54, 1.807) is 12.2 Å². The summed E-state index contributed by atoms with van der Waals surface area (Å²) in [6.45, 7) is 6.77. The second kappa shape index (κ2) is 8.83. The van der Waals surface area contributed by atoms with Crippen molar-refractivity contribution in [2.24, 2.45) is 5.92 Å². The lowest BCUT2D eigenvalue weighted by atomic mass is 9.84. The number of nitrogens with one attached hydrogen (secondary N) is 1. The van der Waals surface area contributed by atoms with Gasteiger partial charge in [-0.2, -0.15) is 0 Å². The minimum absolute atomic E-state index is 0.173. The van der Waals surface area contributed by atoms with Gasteiger partial charge in [0, 0.05) is 6.04 Å². The average Bonchev–Trinajstić information content (AvgIpc) is 2.45. The highest BCUT2D eigenvalue weighted by atomic mass is 32.2. The van der Waals surface area contributed by atoms with E-state index in [0.29, 0.717) is 12.5 Å². The summed E-state index contributed by atoms with van der Waals surface area (Å²) in [6, 6.07) is 0.600. The Bertz CT molecular complexity index is 381. The number of hydrogen-bond donors (Lipinski definition) is 1. The van der Waals surface area contributed by atoms with Crippen molar-refractivity contribution in [3.05, 3.63) is 12.2 Å². The summed E-state index contributed by atoms with van der Waals surface area (Å²) in [6.07, 6.45) is 10.7. The minimum Gasteiger partial charge on any atom is -0.314 e. The molecule has 0 bridgehead atoms. The van der Waals surface area contributed by atoms with Crippen molar-refractivity contribution in [3.8, 4) is 0 Å². The maximum Gasteiger partial charge on any atom is 0.156 e. The van der Waals surface area contributed by atoms with E-state index in [9.17, 15) is 8.42 Å². The molecule has 0 aromatic heterocycles. The zero-order chi connectivity index (χ0) is 15.0. The maximum absolute atomic E-state index is 12.0. The number of allylic oxidation sites excluding steroid dienone is 1. The molecule has 1 unspecified atom stereocenters. The molecule has 0 amide bonds. The monoisotopic (exact) mass is 301 g/mol. The van der Waals surface area contributed by atoms with Gasteiger partial charge in [-0.05, 0) is 58.4 Å². The molecular formula is C16H31NO2S. The van der Waals surface area contributed by atoms with E-state index in [1.807, 2.05) is 13.8 Å². The quantitative estimate of drug-likeness (QED) is 0.700. The molecule has 0 aromatic rings. The van der Waals surface area contributed by atoms with Gasteiger partial charge in [0.2, 0.25) is 0 Å². The average molecular weight is 301 g/mol. The first kappa shape index (κ1) is 17.7. The number of sulfone groups is 1. The van der Waals surface area contributed by atoms with Gasteiger partial charge >= 0.3 is 0 Å². The van der Waals surface area contributed by atoms with Gasteiger partial charge in [0.05, 0.1) is 11.0 Å². The molecule has 20 heavy (non-hydrogen) atoms. The Morgan fingerprint density at radius 3 is 2.45 bits per heavy atom. The predicted octanol–water partition coefficient (Wildman–Crippen LogP) is 3.31. The molecule has 0 aromatic carbocycles. The molecule has 3 nitrogen and oxygen atoms in total. The minimum atomic E-state index is -2.96. The molecule has 0 saturated heterocycles. The molecule has 0 heterocycles. The molecule has 118 valence electrons. The molecule has 4 heteroatoms. The standard InChI is InChI=1S/C16H31NO2S/c1-4-6-13-20(18,19)14(3)11-12-17-16-9-7-15(5-2)8-10-16/h4,6,14-17H,5,7-13H2,1-3H3/b6-4-. The summed E-state index contributed by atoms with van der Waals surface area (Å²) in [5.74, 6) is 1.08. The third-order valence-electron chi connectivity index (χ3n) is 4.59. The summed E-state index contributed by atoms with van der Waals surface area (Å²) >= 11 is 0. The fourth-order valence-electron chi connectivity index (χ4n) is 2.84. The molecule has 0 spiro atoms. The smallest absolute Gasteiger partial charge is 0.156 e. The van der Waals surface area contributed by atoms with Gasteiger partial charge in [-0.3, -0.25) is 0 Å². The first-order valence-corrected chi connectivity index (χ1v) is 9.77. The Labute approximate surface area is 125 Å². The topological polar surface area (TPSA) is 46.2 Å². The predicted molar refractivity (Wildman–Crippen MR) is 86.7 cm³/mol. The van der Waals surface area contributed by atoms with E-state index >= 15 is 0 Å². The molecular weight excluding hydrogens is 270 g/mol. The highest BCUT2D eigenvalue weighted by molar-refractivity contribution is 7.92. The normalized spacial score (nSPS) is 25.9. The van der Waals surface area contributed by atoms with Gasteiger partial charge in [-0.25, -0.2) is 8.42 Å². The molecule has 1 rings (SSSR count). The number of hydrogen-bond acceptors (Lipinski definition) is 3. The molecule has 1 aliphatic rings. The lowest BCUT2D eigenvalue weighted by molar-refractivity contribution is 0.286. The van der Waals surface area contributed by atoms with Crippen molar-refractivity contribution in [2.75, 3.05) is 12.3 Å². The van der Waals surface area contributed by atoms with E-state index in [-0.39, 0.29) is 11.0 Å². The Hall–Kier alpha value is -0.350. The Morgan fingerprint density at radius 1 is 1.25 bits per heavy atom. The first-order chi connectivity index (χ1) is 9.49. The third kappa shape index (κ3) is 5.96. The second-order valence-electron chi connectivity index (χ2n) is 6.08. The van der Waals surface area contributed by atoms with Crippen LogP contribution in [0.15, 0.2) is 12.2 Å². The van der Waals surface area contributed by atoms with Crippen LogP contribution in [0.2, 0.25) is 0 Å². The van der Waals surface area contributed by atoms with E-state index in [1.165, 1.54) is 32.1 Å². The van der Waals surface area contributed by atoms with Crippen LogP contribution < -0.4 is 5.32 Å². The molecule has 1 aliphatic carbocycles. The van der Waals surface area contributed by atoms with Crippen LogP contribution in [0.4, 0.5) is 0 Å². The van der Waals surface area contributed by atoms with Crippen LogP contribution in [0, 0.1) is 5.92 Å². The largest absolute Gasteiger partial charge is 0.314 e. The SMILES string of the molecule is C/C=C\CS(=O)(=O)C(C)CCNC1CCC(CC)CC1. The summed E-state index contributed by atoms with van der Waals surface area (Å²) in [7, 11) is -2.96. The summed E-state index contributed by atoms with van der Waals surface area (Å²) < 4.78 is 23.9. The van der Waals surface area contributed by atoms with Crippen LogP contribution in [0.5, 0.6) is 0 Å². The van der Waals surface area contributed by atoms with Crippen molar-refractivity contribution >= 4 is 9.84 Å². The molecule has 1 saturated carbocycles. The van der Waals surface area contributed by atoms with Crippen LogP contribution >= 0.6 is 0 Å². The van der Waals surface area contributed by atoms with Gasteiger partial charge < -0.3 is 5.32 Å². The van der Waals surface area contributed by atoms with Crippen molar-refractivity contribution < 1.29 is 8.42 Å². The lowest BCUT2D eigenvalue weighted by Gasteiger charge is -2.28. The Morgan fingerprint density at radius 2 is 1.90 bits per heavy atom. The Kier molecular flexibility index (Phi) is 7.82. The third-order valence-corrected chi connectivity index (χ3v) is 6.70. The highest BCUT2D eigenvalue weighted by Gasteiger charge is 2.21. The van der Waals surface area contributed by atoms with Crippen LogP contribution in [-0.4, -0.2) is 32.0 Å². The summed E-state index contributed by atoms with van der Waals surface area (Å²) in [4.78, 5) is 0. The number of rotatable bonds is 8. The summed E-state index contributed by atoms with van der Waals surface area (Å²) in [5.41, 5.74) is 0. The van der Waals surface area contributed by atoms with Gasteiger partial charge in [0.1, 0.15) is 0 Å². The lowest BCUT2D eigenvalue weighted by Crippen LogP contribution is -2.35. The van der Waals surface area contributed by atoms with Gasteiger partial charge in [0.25, 0.3) is 0 Å². The van der Waals surface area contributed by atoms with Crippen molar-refractivity contribution in [3.63, 3.8) is 0 Å².